The predicted octanol–water partition coefficient (Wildman–Crippen LogP) is 4.01. The van der Waals surface area contributed by atoms with Crippen LogP contribution in [-0.2, 0) is 19.6 Å². The normalized spacial score (nSPS) is 10.9. The fourth-order valence-electron chi connectivity index (χ4n) is 3.28. The molecule has 0 aliphatic heterocycles. The average Bonchev–Trinajstić information content (AvgIpc) is 2.83. The van der Waals surface area contributed by atoms with Gasteiger partial charge in [-0.3, -0.25) is 9.10 Å². The third kappa shape index (κ3) is 5.55. The maximum Gasteiger partial charge on any atom is 0.339 e. The number of anilines is 2. The van der Waals surface area contributed by atoms with E-state index in [9.17, 15) is 18.0 Å². The molecule has 0 aliphatic carbocycles. The highest BCUT2D eigenvalue weighted by molar-refractivity contribution is 7.92. The number of ether oxygens (including phenoxy) is 2. The highest BCUT2D eigenvalue weighted by atomic mass is 32.2. The quantitative estimate of drug-likeness (QED) is 0.462. The number of methoxy groups -OCH3 is 1. The first kappa shape index (κ1) is 24.8. The average molecular weight is 483 g/mol. The topological polar surface area (TPSA) is 102 Å². The van der Waals surface area contributed by atoms with E-state index in [1.807, 2.05) is 6.92 Å². The number of amides is 1. The Morgan fingerprint density at radius 3 is 2.26 bits per heavy atom. The van der Waals surface area contributed by atoms with Crippen molar-refractivity contribution < 1.29 is 27.5 Å². The van der Waals surface area contributed by atoms with Gasteiger partial charge in [0.1, 0.15) is 12.3 Å². The van der Waals surface area contributed by atoms with E-state index in [4.69, 9.17) is 9.47 Å². The van der Waals surface area contributed by atoms with Crippen molar-refractivity contribution in [2.45, 2.75) is 18.7 Å². The molecule has 34 heavy (non-hydrogen) atoms. The number of sulfonamides is 1. The van der Waals surface area contributed by atoms with E-state index in [1.165, 1.54) is 31.4 Å². The Balaban J connectivity index is 2.01. The molecule has 0 saturated heterocycles. The van der Waals surface area contributed by atoms with Crippen molar-refractivity contribution in [2.75, 3.05) is 29.9 Å². The molecule has 0 aliphatic rings. The second-order valence-electron chi connectivity index (χ2n) is 7.31. The number of hydrogen-bond acceptors (Lipinski definition) is 6. The van der Waals surface area contributed by atoms with Crippen LogP contribution in [0.15, 0.2) is 77.7 Å². The van der Waals surface area contributed by atoms with Gasteiger partial charge in [-0.05, 0) is 50.2 Å². The molecule has 9 heteroatoms. The summed E-state index contributed by atoms with van der Waals surface area (Å²) in [6.07, 6.45) is 0. The maximum atomic E-state index is 13.6. The second-order valence-corrected chi connectivity index (χ2v) is 9.17. The van der Waals surface area contributed by atoms with Gasteiger partial charge in [0.25, 0.3) is 10.0 Å². The van der Waals surface area contributed by atoms with Crippen molar-refractivity contribution in [3.05, 3.63) is 83.9 Å². The van der Waals surface area contributed by atoms with Gasteiger partial charge in [0, 0.05) is 0 Å². The van der Waals surface area contributed by atoms with Gasteiger partial charge in [0.2, 0.25) is 5.91 Å². The van der Waals surface area contributed by atoms with Crippen LogP contribution >= 0.6 is 0 Å². The van der Waals surface area contributed by atoms with Crippen molar-refractivity contribution >= 4 is 33.3 Å². The summed E-state index contributed by atoms with van der Waals surface area (Å²) in [7, 11) is -2.89. The Labute approximate surface area is 199 Å². The van der Waals surface area contributed by atoms with Crippen molar-refractivity contribution in [3.63, 3.8) is 0 Å². The van der Waals surface area contributed by atoms with Gasteiger partial charge in [-0.25, -0.2) is 13.2 Å². The summed E-state index contributed by atoms with van der Waals surface area (Å²) in [5, 5.41) is 2.62. The molecular weight excluding hydrogens is 456 g/mol. The summed E-state index contributed by atoms with van der Waals surface area (Å²) in [5.74, 6) is -0.941. The number of hydrogen-bond donors (Lipinski definition) is 1. The van der Waals surface area contributed by atoms with E-state index in [1.54, 1.807) is 55.5 Å². The number of nitrogens with one attached hydrogen (secondary N) is 1. The van der Waals surface area contributed by atoms with Crippen molar-refractivity contribution in [1.29, 1.82) is 0 Å². The Morgan fingerprint density at radius 2 is 1.59 bits per heavy atom. The van der Waals surface area contributed by atoms with Gasteiger partial charge in [0.05, 0.1) is 35.6 Å². The van der Waals surface area contributed by atoms with E-state index in [0.717, 1.165) is 9.87 Å². The molecule has 3 rings (SSSR count). The molecule has 3 aromatic carbocycles. The van der Waals surface area contributed by atoms with Gasteiger partial charge >= 0.3 is 5.97 Å². The fraction of sp³-hybridized carbons (Fsp3) is 0.200. The molecule has 0 heterocycles. The smallest absolute Gasteiger partial charge is 0.339 e. The third-order valence-corrected chi connectivity index (χ3v) is 6.71. The summed E-state index contributed by atoms with van der Waals surface area (Å²) in [5.41, 5.74) is 1.49. The molecule has 0 bridgehead atoms. The minimum absolute atomic E-state index is 0.0344. The molecule has 0 unspecified atom stereocenters. The molecule has 8 nitrogen and oxygen atoms in total. The van der Waals surface area contributed by atoms with Crippen LogP contribution in [0, 0.1) is 6.92 Å². The lowest BCUT2D eigenvalue weighted by Crippen LogP contribution is -2.38. The third-order valence-electron chi connectivity index (χ3n) is 4.94. The lowest BCUT2D eigenvalue weighted by molar-refractivity contribution is -0.114. The molecule has 0 atom stereocenters. The number of carbonyl (C=O) groups excluding carboxylic acids is 2. The first-order valence-electron chi connectivity index (χ1n) is 10.6. The number of aryl methyl sites for hydroxylation is 1. The van der Waals surface area contributed by atoms with Crippen LogP contribution < -0.4 is 14.4 Å². The number of carbonyl (C=O) groups is 2. The predicted molar refractivity (Wildman–Crippen MR) is 130 cm³/mol. The Hall–Kier alpha value is -3.85. The van der Waals surface area contributed by atoms with Gasteiger partial charge in [-0.1, -0.05) is 42.0 Å². The molecule has 1 amide bonds. The number of rotatable bonds is 9. The van der Waals surface area contributed by atoms with Gasteiger partial charge in [-0.15, -0.1) is 0 Å². The Kier molecular flexibility index (Phi) is 7.91. The van der Waals surface area contributed by atoms with Crippen LogP contribution in [-0.4, -0.2) is 40.6 Å². The Bertz CT molecular complexity index is 1270. The summed E-state index contributed by atoms with van der Waals surface area (Å²) < 4.78 is 38.6. The van der Waals surface area contributed by atoms with Crippen molar-refractivity contribution in [2.24, 2.45) is 0 Å². The lowest BCUT2D eigenvalue weighted by Gasteiger charge is -2.26. The molecule has 0 aromatic heterocycles. The van der Waals surface area contributed by atoms with Crippen molar-refractivity contribution in [3.8, 4) is 5.75 Å². The molecule has 0 saturated carbocycles. The van der Waals surface area contributed by atoms with E-state index in [2.05, 4.69) is 5.32 Å². The zero-order valence-electron chi connectivity index (χ0n) is 19.1. The number of benzene rings is 3. The van der Waals surface area contributed by atoms with Gasteiger partial charge in [-0.2, -0.15) is 0 Å². The molecule has 1 N–H and O–H groups in total. The summed E-state index contributed by atoms with van der Waals surface area (Å²) in [6.45, 7) is 3.40. The first-order valence-corrected chi connectivity index (χ1v) is 12.0. The molecule has 0 radical (unpaired) electrons. The molecule has 0 fully saturated rings. The van der Waals surface area contributed by atoms with E-state index in [0.29, 0.717) is 12.4 Å². The first-order chi connectivity index (χ1) is 16.3. The summed E-state index contributed by atoms with van der Waals surface area (Å²) in [6, 6.07) is 19.3. The van der Waals surface area contributed by atoms with Crippen LogP contribution in [0.1, 0.15) is 22.8 Å². The Morgan fingerprint density at radius 1 is 0.941 bits per heavy atom. The highest BCUT2D eigenvalue weighted by Crippen LogP contribution is 2.32. The highest BCUT2D eigenvalue weighted by Gasteiger charge is 2.29. The second kappa shape index (κ2) is 10.8. The van der Waals surface area contributed by atoms with Gasteiger partial charge < -0.3 is 14.8 Å². The van der Waals surface area contributed by atoms with Crippen LogP contribution in [0.25, 0.3) is 0 Å². The number of nitrogens with zero attached hydrogens (tertiary/aromatic N) is 1. The molecule has 178 valence electrons. The van der Waals surface area contributed by atoms with E-state index >= 15 is 0 Å². The number of para-hydroxylation sites is 3. The van der Waals surface area contributed by atoms with E-state index < -0.39 is 28.4 Å². The van der Waals surface area contributed by atoms with Crippen LogP contribution in [0.4, 0.5) is 11.4 Å². The maximum absolute atomic E-state index is 13.6. The van der Waals surface area contributed by atoms with Crippen LogP contribution in [0.3, 0.4) is 0 Å². The fourth-order valence-corrected chi connectivity index (χ4v) is 4.71. The van der Waals surface area contributed by atoms with E-state index in [-0.39, 0.29) is 21.8 Å². The van der Waals surface area contributed by atoms with Crippen molar-refractivity contribution in [1.82, 2.24) is 0 Å². The van der Waals surface area contributed by atoms with Crippen LogP contribution in [0.2, 0.25) is 0 Å². The minimum atomic E-state index is -4.13. The largest absolute Gasteiger partial charge is 0.492 e. The zero-order chi connectivity index (χ0) is 24.7. The van der Waals surface area contributed by atoms with Crippen LogP contribution in [0.5, 0.6) is 5.75 Å². The lowest BCUT2D eigenvalue weighted by atomic mass is 10.2. The monoisotopic (exact) mass is 482 g/mol. The number of esters is 1. The minimum Gasteiger partial charge on any atom is -0.492 e. The van der Waals surface area contributed by atoms with Gasteiger partial charge in [0.15, 0.2) is 0 Å². The standard InChI is InChI=1S/C25H26N2O6S/c1-4-33-23-12-8-7-11-22(23)27(34(30,31)19-15-13-18(2)14-16-19)17-24(28)26-21-10-6-5-9-20(21)25(29)32-3/h5-16H,4,17H2,1-3H3,(H,26,28). The molecule has 0 spiro atoms. The molecule has 3 aromatic rings. The summed E-state index contributed by atoms with van der Waals surface area (Å²) in [4.78, 5) is 25.1. The SMILES string of the molecule is CCOc1ccccc1N(CC(=O)Nc1ccccc1C(=O)OC)S(=O)(=O)c1ccc(C)cc1. The molecular formula is C25H26N2O6S. The zero-order valence-corrected chi connectivity index (χ0v) is 20.0. The summed E-state index contributed by atoms with van der Waals surface area (Å²) >= 11 is 0.